The monoisotopic (exact) mass is 266 g/mol. The number of carbonyl (C=O) groups excluding carboxylic acids is 1. The van der Waals surface area contributed by atoms with E-state index in [1.165, 1.54) is 0 Å². The van der Waals surface area contributed by atoms with E-state index in [1.807, 2.05) is 13.1 Å². The van der Waals surface area contributed by atoms with E-state index >= 15 is 0 Å². The van der Waals surface area contributed by atoms with E-state index in [9.17, 15) is 9.59 Å². The number of carbonyl (C=O) groups is 2. The standard InChI is InChI=1S/C12H18N4O3/c1-16-10(4-5-14-16)7-13-12(19)15-9-3-2-8(6-9)11(17)18/h4-5,8-9H,2-3,6-7H2,1H3,(H,17,18)(H2,13,15,19). The molecule has 0 bridgehead atoms. The molecule has 1 aromatic heterocycles. The van der Waals surface area contributed by atoms with Crippen LogP contribution in [0.25, 0.3) is 0 Å². The Bertz CT molecular complexity index is 471. The van der Waals surface area contributed by atoms with Crippen molar-refractivity contribution in [2.45, 2.75) is 31.8 Å². The third-order valence-corrected chi connectivity index (χ3v) is 3.47. The van der Waals surface area contributed by atoms with Crippen LogP contribution in [-0.4, -0.2) is 32.9 Å². The highest BCUT2D eigenvalue weighted by Crippen LogP contribution is 2.25. The lowest BCUT2D eigenvalue weighted by molar-refractivity contribution is -0.141. The summed E-state index contributed by atoms with van der Waals surface area (Å²) in [6, 6.07) is 1.51. The van der Waals surface area contributed by atoms with Gasteiger partial charge in [-0.3, -0.25) is 9.48 Å². The highest BCUT2D eigenvalue weighted by Gasteiger charge is 2.30. The summed E-state index contributed by atoms with van der Waals surface area (Å²) in [4.78, 5) is 22.5. The van der Waals surface area contributed by atoms with E-state index < -0.39 is 5.97 Å². The van der Waals surface area contributed by atoms with E-state index in [1.54, 1.807) is 10.9 Å². The summed E-state index contributed by atoms with van der Waals surface area (Å²) in [5, 5.41) is 18.4. The fraction of sp³-hybridized carbons (Fsp3) is 0.583. The molecule has 3 N–H and O–H groups in total. The predicted octanol–water partition coefficient (Wildman–Crippen LogP) is 0.473. The van der Waals surface area contributed by atoms with Crippen molar-refractivity contribution in [3.63, 3.8) is 0 Å². The number of nitrogens with one attached hydrogen (secondary N) is 2. The van der Waals surface area contributed by atoms with Gasteiger partial charge < -0.3 is 15.7 Å². The molecule has 1 fully saturated rings. The first kappa shape index (κ1) is 13.4. The van der Waals surface area contributed by atoms with Crippen molar-refractivity contribution in [1.82, 2.24) is 20.4 Å². The van der Waals surface area contributed by atoms with Crippen LogP contribution in [0, 0.1) is 5.92 Å². The van der Waals surface area contributed by atoms with E-state index in [2.05, 4.69) is 15.7 Å². The molecule has 2 unspecified atom stereocenters. The van der Waals surface area contributed by atoms with Crippen LogP contribution < -0.4 is 10.6 Å². The zero-order valence-electron chi connectivity index (χ0n) is 10.8. The zero-order chi connectivity index (χ0) is 13.8. The van der Waals surface area contributed by atoms with E-state index in [0.717, 1.165) is 12.1 Å². The summed E-state index contributed by atoms with van der Waals surface area (Å²) in [5.74, 6) is -1.11. The molecule has 7 nitrogen and oxygen atoms in total. The summed E-state index contributed by atoms with van der Waals surface area (Å²) in [5.41, 5.74) is 0.907. The van der Waals surface area contributed by atoms with Gasteiger partial charge in [0, 0.05) is 19.3 Å². The van der Waals surface area contributed by atoms with E-state index in [4.69, 9.17) is 5.11 Å². The van der Waals surface area contributed by atoms with Crippen LogP contribution >= 0.6 is 0 Å². The molecule has 0 aromatic carbocycles. The number of urea groups is 1. The van der Waals surface area contributed by atoms with Gasteiger partial charge in [-0.2, -0.15) is 5.10 Å². The lowest BCUT2D eigenvalue weighted by atomic mass is 10.1. The summed E-state index contributed by atoms with van der Waals surface area (Å²) in [6.45, 7) is 0.400. The molecule has 0 aliphatic heterocycles. The third-order valence-electron chi connectivity index (χ3n) is 3.47. The van der Waals surface area contributed by atoms with E-state index in [0.29, 0.717) is 19.4 Å². The molecule has 1 aliphatic carbocycles. The molecule has 1 saturated carbocycles. The maximum Gasteiger partial charge on any atom is 0.315 e. The molecule has 1 aromatic rings. The van der Waals surface area contributed by atoms with Gasteiger partial charge in [0.1, 0.15) is 0 Å². The number of carboxylic acids is 1. The minimum Gasteiger partial charge on any atom is -0.481 e. The Hall–Kier alpha value is -2.05. The Morgan fingerprint density at radius 3 is 2.89 bits per heavy atom. The van der Waals surface area contributed by atoms with Gasteiger partial charge in [-0.25, -0.2) is 4.79 Å². The molecule has 1 aliphatic rings. The molecule has 1 heterocycles. The van der Waals surface area contributed by atoms with Crippen LogP contribution in [-0.2, 0) is 18.4 Å². The van der Waals surface area contributed by atoms with Gasteiger partial charge in [-0.15, -0.1) is 0 Å². The summed E-state index contributed by atoms with van der Waals surface area (Å²) in [7, 11) is 1.81. The lowest BCUT2D eigenvalue weighted by Crippen LogP contribution is -2.41. The Kier molecular flexibility index (Phi) is 4.03. The molecule has 2 rings (SSSR count). The van der Waals surface area contributed by atoms with Gasteiger partial charge in [0.05, 0.1) is 18.2 Å². The highest BCUT2D eigenvalue weighted by atomic mass is 16.4. The van der Waals surface area contributed by atoms with Crippen LogP contribution in [0.4, 0.5) is 4.79 Å². The fourth-order valence-corrected chi connectivity index (χ4v) is 2.32. The minimum absolute atomic E-state index is 0.0485. The van der Waals surface area contributed by atoms with Crippen molar-refractivity contribution in [2.75, 3.05) is 0 Å². The van der Waals surface area contributed by atoms with Crippen LogP contribution in [0.15, 0.2) is 12.3 Å². The van der Waals surface area contributed by atoms with Crippen LogP contribution in [0.2, 0.25) is 0 Å². The zero-order valence-corrected chi connectivity index (χ0v) is 10.8. The van der Waals surface area contributed by atoms with Crippen molar-refractivity contribution in [3.8, 4) is 0 Å². The van der Waals surface area contributed by atoms with Gasteiger partial charge in [0.2, 0.25) is 0 Å². The third kappa shape index (κ3) is 3.46. The Balaban J connectivity index is 1.73. The smallest absolute Gasteiger partial charge is 0.315 e. The summed E-state index contributed by atoms with van der Waals surface area (Å²) in [6.07, 6.45) is 3.52. The quantitative estimate of drug-likeness (QED) is 0.738. The van der Waals surface area contributed by atoms with Crippen LogP contribution in [0.3, 0.4) is 0 Å². The lowest BCUT2D eigenvalue weighted by Gasteiger charge is -2.13. The number of aromatic nitrogens is 2. The average molecular weight is 266 g/mol. The predicted molar refractivity (Wildman–Crippen MR) is 67.3 cm³/mol. The SMILES string of the molecule is Cn1nccc1CNC(=O)NC1CCC(C(=O)O)C1. The second kappa shape index (κ2) is 5.73. The maximum atomic E-state index is 11.7. The van der Waals surface area contributed by atoms with E-state index in [-0.39, 0.29) is 18.0 Å². The van der Waals surface area contributed by atoms with Gasteiger partial charge in [0.15, 0.2) is 0 Å². The molecule has 0 saturated heterocycles. The van der Waals surface area contributed by atoms with Crippen LogP contribution in [0.1, 0.15) is 25.0 Å². The first-order valence-corrected chi connectivity index (χ1v) is 6.30. The molecule has 7 heteroatoms. The molecular weight excluding hydrogens is 248 g/mol. The molecule has 0 spiro atoms. The van der Waals surface area contributed by atoms with Crippen molar-refractivity contribution < 1.29 is 14.7 Å². The van der Waals surface area contributed by atoms with Crippen molar-refractivity contribution in [1.29, 1.82) is 0 Å². The number of aliphatic carboxylic acids is 1. The van der Waals surface area contributed by atoms with Gasteiger partial charge in [0.25, 0.3) is 0 Å². The number of hydrogen-bond acceptors (Lipinski definition) is 3. The fourth-order valence-electron chi connectivity index (χ4n) is 2.32. The van der Waals surface area contributed by atoms with Gasteiger partial charge in [-0.05, 0) is 25.3 Å². The topological polar surface area (TPSA) is 96.3 Å². The number of aryl methyl sites for hydroxylation is 1. The second-order valence-corrected chi connectivity index (χ2v) is 4.82. The Labute approximate surface area is 111 Å². The largest absolute Gasteiger partial charge is 0.481 e. The van der Waals surface area contributed by atoms with Crippen molar-refractivity contribution in [3.05, 3.63) is 18.0 Å². The number of hydrogen-bond donors (Lipinski definition) is 3. The summed E-state index contributed by atoms with van der Waals surface area (Å²) >= 11 is 0. The highest BCUT2D eigenvalue weighted by molar-refractivity contribution is 5.75. The first-order valence-electron chi connectivity index (χ1n) is 6.30. The molecular formula is C12H18N4O3. The second-order valence-electron chi connectivity index (χ2n) is 4.82. The van der Waals surface area contributed by atoms with Gasteiger partial charge >= 0.3 is 12.0 Å². The Morgan fingerprint density at radius 2 is 2.32 bits per heavy atom. The van der Waals surface area contributed by atoms with Gasteiger partial charge in [-0.1, -0.05) is 0 Å². The molecule has 19 heavy (non-hydrogen) atoms. The minimum atomic E-state index is -0.778. The molecule has 0 radical (unpaired) electrons. The molecule has 2 atom stereocenters. The Morgan fingerprint density at radius 1 is 1.53 bits per heavy atom. The molecule has 2 amide bonds. The summed E-state index contributed by atoms with van der Waals surface area (Å²) < 4.78 is 1.69. The van der Waals surface area contributed by atoms with Crippen LogP contribution in [0.5, 0.6) is 0 Å². The van der Waals surface area contributed by atoms with Crippen molar-refractivity contribution in [2.24, 2.45) is 13.0 Å². The number of carboxylic acid groups (broad SMARTS) is 1. The normalized spacial score (nSPS) is 22.2. The molecule has 104 valence electrons. The number of amides is 2. The number of rotatable bonds is 4. The average Bonchev–Trinajstić information content (AvgIpc) is 2.96. The first-order chi connectivity index (χ1) is 9.06. The maximum absolute atomic E-state index is 11.7. The number of nitrogens with zero attached hydrogens (tertiary/aromatic N) is 2. The van der Waals surface area contributed by atoms with Crippen molar-refractivity contribution >= 4 is 12.0 Å².